The second kappa shape index (κ2) is 8.68. The Hall–Kier alpha value is -2.53. The number of piperidine rings is 1. The van der Waals surface area contributed by atoms with Gasteiger partial charge in [0, 0.05) is 48.4 Å². The van der Waals surface area contributed by atoms with Gasteiger partial charge in [-0.3, -0.25) is 10.2 Å². The van der Waals surface area contributed by atoms with Crippen LogP contribution in [0, 0.1) is 0 Å². The van der Waals surface area contributed by atoms with Crippen LogP contribution in [0.25, 0.3) is 42.3 Å². The van der Waals surface area contributed by atoms with Crippen LogP contribution in [-0.4, -0.2) is 68.0 Å². The number of likely N-dealkylation sites (tertiary alicyclic amines) is 1. The van der Waals surface area contributed by atoms with Crippen LogP contribution in [0.15, 0.2) is 30.7 Å². The molecular formula is C22H25ClN8S2. The lowest BCUT2D eigenvalue weighted by Crippen LogP contribution is -2.46. The molecule has 4 aromatic heterocycles. The maximum Gasteiger partial charge on any atom is 0.188 e. The molecule has 2 atom stereocenters. The molecule has 6 rings (SSSR count). The zero-order valence-electron chi connectivity index (χ0n) is 18.6. The Balaban J connectivity index is 0.00000228. The highest BCUT2D eigenvalue weighted by Gasteiger charge is 2.28. The van der Waals surface area contributed by atoms with E-state index < -0.39 is 0 Å². The van der Waals surface area contributed by atoms with Crippen molar-refractivity contribution in [1.29, 1.82) is 0 Å². The fourth-order valence-electron chi connectivity index (χ4n) is 4.53. The maximum absolute atomic E-state index is 4.95. The number of H-pyrrole nitrogens is 2. The third kappa shape index (κ3) is 3.80. The van der Waals surface area contributed by atoms with Crippen molar-refractivity contribution in [3.8, 4) is 21.7 Å². The smallest absolute Gasteiger partial charge is 0.188 e. The number of rotatable bonds is 4. The summed E-state index contributed by atoms with van der Waals surface area (Å²) >= 11 is 3.33. The average Bonchev–Trinajstić information content (AvgIpc) is 3.57. The normalized spacial score (nSPS) is 19.2. The van der Waals surface area contributed by atoms with Crippen molar-refractivity contribution < 1.29 is 0 Å². The number of thiazole rings is 2. The lowest BCUT2D eigenvalue weighted by Gasteiger charge is -2.39. The van der Waals surface area contributed by atoms with Crippen LogP contribution >= 0.6 is 35.1 Å². The van der Waals surface area contributed by atoms with E-state index in [1.807, 2.05) is 18.6 Å². The molecule has 1 fully saturated rings. The number of nitrogens with zero attached hydrogens (tertiary/aromatic N) is 6. The molecule has 0 radical (unpaired) electrons. The van der Waals surface area contributed by atoms with Crippen molar-refractivity contribution in [2.24, 2.45) is 0 Å². The molecule has 1 saturated heterocycles. The van der Waals surface area contributed by atoms with Crippen molar-refractivity contribution in [3.63, 3.8) is 0 Å². The lowest BCUT2D eigenvalue weighted by atomic mass is 9.98. The minimum atomic E-state index is 0. The summed E-state index contributed by atoms with van der Waals surface area (Å²) < 4.78 is 0. The number of aromatic amines is 2. The molecule has 11 heteroatoms. The Morgan fingerprint density at radius 1 is 1.09 bits per heavy atom. The van der Waals surface area contributed by atoms with Crippen LogP contribution in [0.1, 0.15) is 19.8 Å². The van der Waals surface area contributed by atoms with Crippen LogP contribution < -0.4 is 4.90 Å². The van der Waals surface area contributed by atoms with Gasteiger partial charge in [0.25, 0.3) is 0 Å². The van der Waals surface area contributed by atoms with E-state index in [9.17, 15) is 0 Å². The van der Waals surface area contributed by atoms with Crippen LogP contribution in [0.3, 0.4) is 0 Å². The van der Waals surface area contributed by atoms with E-state index in [1.54, 1.807) is 22.7 Å². The van der Waals surface area contributed by atoms with E-state index >= 15 is 0 Å². The standard InChI is InChI=1S/C22H24N8S2.ClH/c1-12-8-14(6-7-29(12)2)30(3)22-27-21-20(32-22)26-19(31-21)16-5-4-15(13-9-23-24-10-13)17-11-25-28-18(16)17;/h4-5,9-12,14H,6-8H2,1-3H3,(H,23,24)(H,25,28);1H. The largest absolute Gasteiger partial charge is 0.348 e. The summed E-state index contributed by atoms with van der Waals surface area (Å²) in [5.41, 5.74) is 4.18. The molecule has 33 heavy (non-hydrogen) atoms. The first-order valence-corrected chi connectivity index (χ1v) is 12.4. The van der Waals surface area contributed by atoms with Gasteiger partial charge in [0.15, 0.2) is 14.8 Å². The number of benzene rings is 1. The van der Waals surface area contributed by atoms with Gasteiger partial charge >= 0.3 is 0 Å². The van der Waals surface area contributed by atoms with E-state index in [-0.39, 0.29) is 12.4 Å². The first-order valence-electron chi connectivity index (χ1n) is 10.7. The summed E-state index contributed by atoms with van der Waals surface area (Å²) in [6, 6.07) is 5.35. The van der Waals surface area contributed by atoms with Crippen LogP contribution in [0.5, 0.6) is 0 Å². The Bertz CT molecular complexity index is 1360. The third-order valence-corrected chi connectivity index (χ3v) is 8.80. The Kier molecular flexibility index (Phi) is 5.86. The fourth-order valence-corrected chi connectivity index (χ4v) is 6.64. The molecule has 0 bridgehead atoms. The summed E-state index contributed by atoms with van der Waals surface area (Å²) in [6.45, 7) is 3.44. The van der Waals surface area contributed by atoms with E-state index in [1.165, 1.54) is 12.8 Å². The second-order valence-corrected chi connectivity index (χ2v) is 10.5. The first-order chi connectivity index (χ1) is 15.6. The number of anilines is 1. The topological polar surface area (TPSA) is 89.6 Å². The molecule has 0 spiro atoms. The van der Waals surface area contributed by atoms with Gasteiger partial charge in [0.05, 0.1) is 17.9 Å². The van der Waals surface area contributed by atoms with Gasteiger partial charge in [-0.1, -0.05) is 28.7 Å². The monoisotopic (exact) mass is 500 g/mol. The van der Waals surface area contributed by atoms with E-state index in [4.69, 9.17) is 9.97 Å². The van der Waals surface area contributed by atoms with Crippen LogP contribution in [-0.2, 0) is 0 Å². The van der Waals surface area contributed by atoms with Gasteiger partial charge in [-0.25, -0.2) is 9.97 Å². The quantitative estimate of drug-likeness (QED) is 0.360. The number of fused-ring (bicyclic) bond motifs is 2. The highest BCUT2D eigenvalue weighted by atomic mass is 35.5. The van der Waals surface area contributed by atoms with Crippen molar-refractivity contribution in [3.05, 3.63) is 30.7 Å². The van der Waals surface area contributed by atoms with Gasteiger partial charge in [0.2, 0.25) is 0 Å². The Labute approximate surface area is 205 Å². The van der Waals surface area contributed by atoms with Crippen molar-refractivity contribution >= 4 is 60.8 Å². The molecule has 1 aromatic carbocycles. The van der Waals surface area contributed by atoms with Crippen LogP contribution in [0.4, 0.5) is 5.13 Å². The molecule has 172 valence electrons. The Morgan fingerprint density at radius 2 is 1.91 bits per heavy atom. The van der Waals surface area contributed by atoms with E-state index in [0.29, 0.717) is 12.1 Å². The molecule has 0 aliphatic carbocycles. The van der Waals surface area contributed by atoms with Crippen LogP contribution in [0.2, 0.25) is 0 Å². The SMILES string of the molecule is CC1CC(N(C)c2nc3sc(-c4ccc(-c5cn[nH]c5)c5cn[nH]c45)nc3s2)CCN1C.Cl. The van der Waals surface area contributed by atoms with Gasteiger partial charge in [-0.05, 0) is 38.4 Å². The molecule has 8 nitrogen and oxygen atoms in total. The summed E-state index contributed by atoms with van der Waals surface area (Å²) in [7, 11) is 4.39. The molecule has 5 heterocycles. The van der Waals surface area contributed by atoms with Crippen molar-refractivity contribution in [2.45, 2.75) is 31.8 Å². The number of aromatic nitrogens is 6. The average molecular weight is 501 g/mol. The summed E-state index contributed by atoms with van der Waals surface area (Å²) in [6.07, 6.45) is 7.93. The zero-order valence-corrected chi connectivity index (χ0v) is 21.0. The lowest BCUT2D eigenvalue weighted by molar-refractivity contribution is 0.181. The minimum absolute atomic E-state index is 0. The number of hydrogen-bond donors (Lipinski definition) is 2. The van der Waals surface area contributed by atoms with Crippen molar-refractivity contribution in [1.82, 2.24) is 35.3 Å². The highest BCUT2D eigenvalue weighted by molar-refractivity contribution is 7.29. The summed E-state index contributed by atoms with van der Waals surface area (Å²) in [5, 5.41) is 17.5. The Morgan fingerprint density at radius 3 is 2.67 bits per heavy atom. The highest BCUT2D eigenvalue weighted by Crippen LogP contribution is 2.40. The molecule has 2 N–H and O–H groups in total. The summed E-state index contributed by atoms with van der Waals surface area (Å²) in [4.78, 5) is 16.7. The fraction of sp³-hybridized carbons (Fsp3) is 0.364. The number of nitrogens with one attached hydrogen (secondary N) is 2. The summed E-state index contributed by atoms with van der Waals surface area (Å²) in [5.74, 6) is 0. The predicted molar refractivity (Wildman–Crippen MR) is 139 cm³/mol. The second-order valence-electron chi connectivity index (χ2n) is 8.55. The molecule has 2 unspecified atom stereocenters. The van der Waals surface area contributed by atoms with E-state index in [0.717, 1.165) is 53.9 Å². The zero-order chi connectivity index (χ0) is 21.8. The molecule has 0 saturated carbocycles. The minimum Gasteiger partial charge on any atom is -0.348 e. The molecule has 0 amide bonds. The molecule has 1 aliphatic heterocycles. The third-order valence-electron chi connectivity index (χ3n) is 6.65. The molecular weight excluding hydrogens is 476 g/mol. The van der Waals surface area contributed by atoms with Crippen molar-refractivity contribution in [2.75, 3.05) is 25.5 Å². The van der Waals surface area contributed by atoms with Gasteiger partial charge in [-0.15, -0.1) is 12.4 Å². The number of hydrogen-bond acceptors (Lipinski definition) is 8. The first kappa shape index (κ1) is 22.3. The maximum atomic E-state index is 4.95. The molecule has 5 aromatic rings. The predicted octanol–water partition coefficient (Wildman–Crippen LogP) is 5.03. The van der Waals surface area contributed by atoms with Gasteiger partial charge in [-0.2, -0.15) is 10.2 Å². The van der Waals surface area contributed by atoms with Gasteiger partial charge < -0.3 is 9.80 Å². The number of halogens is 1. The van der Waals surface area contributed by atoms with Gasteiger partial charge in [0.1, 0.15) is 5.01 Å². The van der Waals surface area contributed by atoms with E-state index in [2.05, 4.69) is 63.3 Å². The molecule has 1 aliphatic rings.